The van der Waals surface area contributed by atoms with Crippen molar-refractivity contribution in [3.05, 3.63) is 38.1 Å². The molecule has 7 heteroatoms. The Labute approximate surface area is 97.3 Å². The fraction of sp³-hybridized carbons (Fsp3) is 0.125. The minimum absolute atomic E-state index is 0.0560. The van der Waals surface area contributed by atoms with Gasteiger partial charge in [-0.25, -0.2) is 4.39 Å². The molecule has 0 N–H and O–H groups in total. The quantitative estimate of drug-likeness (QED) is 0.373. The average molecular weight is 296 g/mol. The number of hydrogen-bond acceptors (Lipinski definition) is 3. The molecule has 0 aliphatic carbocycles. The largest absolute Gasteiger partial charge is 0.293 e. The van der Waals surface area contributed by atoms with Crippen LogP contribution in [0, 0.1) is 15.9 Å². The van der Waals surface area contributed by atoms with Crippen LogP contribution in [0.2, 0.25) is 0 Å². The predicted molar refractivity (Wildman–Crippen MR) is 55.8 cm³/mol. The molecule has 0 aromatic heterocycles. The number of carbonyl (C=O) groups is 1. The van der Waals surface area contributed by atoms with E-state index in [0.29, 0.717) is 0 Å². The Balaban J connectivity index is 3.41. The SMILES string of the molecule is O=C(CCl)c1cc(F)cc([N+](=O)[O-])c1Br. The maximum Gasteiger partial charge on any atom is 0.287 e. The molecule has 1 rings (SSSR count). The van der Waals surface area contributed by atoms with Crippen LogP contribution in [0.3, 0.4) is 0 Å². The Morgan fingerprint density at radius 3 is 2.67 bits per heavy atom. The molecule has 0 aliphatic heterocycles. The Bertz CT molecular complexity index is 438. The van der Waals surface area contributed by atoms with Crippen LogP contribution in [0.4, 0.5) is 10.1 Å². The third-order valence-corrected chi connectivity index (χ3v) is 2.71. The number of halogens is 3. The molecule has 0 bridgehead atoms. The van der Waals surface area contributed by atoms with E-state index in [1.54, 1.807) is 0 Å². The number of rotatable bonds is 3. The van der Waals surface area contributed by atoms with E-state index in [1.165, 1.54) is 0 Å². The number of nitrogens with zero attached hydrogens (tertiary/aromatic N) is 1. The van der Waals surface area contributed by atoms with Crippen LogP contribution in [-0.4, -0.2) is 16.6 Å². The third kappa shape index (κ3) is 2.51. The van der Waals surface area contributed by atoms with Crippen LogP contribution in [0.15, 0.2) is 16.6 Å². The molecule has 0 atom stereocenters. The monoisotopic (exact) mass is 295 g/mol. The van der Waals surface area contributed by atoms with Crippen molar-refractivity contribution in [3.63, 3.8) is 0 Å². The van der Waals surface area contributed by atoms with Gasteiger partial charge in [0, 0.05) is 5.56 Å². The summed E-state index contributed by atoms with van der Waals surface area (Å²) in [7, 11) is 0. The van der Waals surface area contributed by atoms with Crippen LogP contribution in [0.5, 0.6) is 0 Å². The molecule has 1 aromatic carbocycles. The zero-order valence-corrected chi connectivity index (χ0v) is 9.51. The summed E-state index contributed by atoms with van der Waals surface area (Å²) in [6.07, 6.45) is 0. The van der Waals surface area contributed by atoms with E-state index in [4.69, 9.17) is 11.6 Å². The molecule has 0 radical (unpaired) electrons. The molecule has 0 amide bonds. The van der Waals surface area contributed by atoms with Crippen molar-refractivity contribution < 1.29 is 14.1 Å². The van der Waals surface area contributed by atoms with Crippen molar-refractivity contribution in [1.82, 2.24) is 0 Å². The van der Waals surface area contributed by atoms with Gasteiger partial charge in [-0.1, -0.05) is 0 Å². The summed E-state index contributed by atoms with van der Waals surface area (Å²) in [5.74, 6) is -1.79. The van der Waals surface area contributed by atoms with Gasteiger partial charge in [-0.15, -0.1) is 11.6 Å². The molecule has 4 nitrogen and oxygen atoms in total. The van der Waals surface area contributed by atoms with E-state index in [1.807, 2.05) is 0 Å². The van der Waals surface area contributed by atoms with Crippen molar-refractivity contribution in [3.8, 4) is 0 Å². The highest BCUT2D eigenvalue weighted by Crippen LogP contribution is 2.30. The lowest BCUT2D eigenvalue weighted by Gasteiger charge is -2.02. The number of hydrogen-bond donors (Lipinski definition) is 0. The van der Waals surface area contributed by atoms with E-state index < -0.39 is 22.2 Å². The summed E-state index contributed by atoms with van der Waals surface area (Å²) in [5.41, 5.74) is -0.625. The zero-order chi connectivity index (χ0) is 11.6. The molecule has 1 aromatic rings. The van der Waals surface area contributed by atoms with E-state index in [2.05, 4.69) is 15.9 Å². The smallest absolute Gasteiger partial charge is 0.287 e. The molecular weight excluding hydrogens is 292 g/mol. The molecule has 0 fully saturated rings. The zero-order valence-electron chi connectivity index (χ0n) is 7.17. The molecule has 0 unspecified atom stereocenters. The van der Waals surface area contributed by atoms with E-state index in [0.717, 1.165) is 12.1 Å². The summed E-state index contributed by atoms with van der Waals surface area (Å²) in [5, 5.41) is 10.5. The standard InChI is InChI=1S/C8H4BrClFNO3/c9-8-5(7(13)3-10)1-4(11)2-6(8)12(14)15/h1-2H,3H2. The molecule has 0 saturated heterocycles. The van der Waals surface area contributed by atoms with Gasteiger partial charge in [0.2, 0.25) is 0 Å². The van der Waals surface area contributed by atoms with Gasteiger partial charge >= 0.3 is 0 Å². The van der Waals surface area contributed by atoms with Crippen LogP contribution in [0.1, 0.15) is 10.4 Å². The summed E-state index contributed by atoms with van der Waals surface area (Å²) in [6.45, 7) is 0. The maximum atomic E-state index is 12.9. The Kier molecular flexibility index (Phi) is 3.76. The first-order chi connectivity index (χ1) is 6.97. The van der Waals surface area contributed by atoms with Crippen LogP contribution >= 0.6 is 27.5 Å². The second-order valence-corrected chi connectivity index (χ2v) is 3.66. The van der Waals surface area contributed by atoms with Gasteiger partial charge in [0.25, 0.3) is 5.69 Å². The number of Topliss-reactive ketones (excluding diaryl/α,β-unsaturated/α-hetero) is 1. The molecule has 0 saturated carbocycles. The average Bonchev–Trinajstić information content (AvgIpc) is 2.19. The molecule has 0 spiro atoms. The summed E-state index contributed by atoms with van der Waals surface area (Å²) < 4.78 is 12.9. The van der Waals surface area contributed by atoms with Crippen molar-refractivity contribution in [2.75, 3.05) is 5.88 Å². The predicted octanol–water partition coefficient (Wildman–Crippen LogP) is 2.92. The number of nitro benzene ring substituents is 1. The molecule has 80 valence electrons. The molecule has 0 aliphatic rings. The topological polar surface area (TPSA) is 60.2 Å². The van der Waals surface area contributed by atoms with Gasteiger partial charge in [0.1, 0.15) is 10.3 Å². The lowest BCUT2D eigenvalue weighted by molar-refractivity contribution is -0.385. The second kappa shape index (κ2) is 4.67. The summed E-state index contributed by atoms with van der Waals surface area (Å²) in [6, 6.07) is 1.64. The van der Waals surface area contributed by atoms with Crippen molar-refractivity contribution >= 4 is 39.0 Å². The first-order valence-corrected chi connectivity index (χ1v) is 5.02. The van der Waals surface area contributed by atoms with E-state index in [-0.39, 0.29) is 15.9 Å². The first-order valence-electron chi connectivity index (χ1n) is 3.70. The Morgan fingerprint density at radius 2 is 2.20 bits per heavy atom. The van der Waals surface area contributed by atoms with Gasteiger partial charge in [-0.3, -0.25) is 14.9 Å². The van der Waals surface area contributed by atoms with Crippen molar-refractivity contribution in [2.45, 2.75) is 0 Å². The number of ketones is 1. The number of alkyl halides is 1. The minimum Gasteiger partial charge on any atom is -0.293 e. The highest BCUT2D eigenvalue weighted by Gasteiger charge is 2.21. The van der Waals surface area contributed by atoms with Gasteiger partial charge < -0.3 is 0 Å². The van der Waals surface area contributed by atoms with Crippen molar-refractivity contribution in [1.29, 1.82) is 0 Å². The summed E-state index contributed by atoms with van der Waals surface area (Å²) in [4.78, 5) is 20.9. The number of nitro groups is 1. The van der Waals surface area contributed by atoms with Crippen LogP contribution in [0.25, 0.3) is 0 Å². The molecule has 0 heterocycles. The fourth-order valence-electron chi connectivity index (χ4n) is 0.983. The first kappa shape index (κ1) is 12.1. The number of carbonyl (C=O) groups excluding carboxylic acids is 1. The lowest BCUT2D eigenvalue weighted by Crippen LogP contribution is -2.04. The lowest BCUT2D eigenvalue weighted by atomic mass is 10.1. The van der Waals surface area contributed by atoms with Gasteiger partial charge in [0.05, 0.1) is 16.9 Å². The maximum absolute atomic E-state index is 12.9. The third-order valence-electron chi connectivity index (χ3n) is 1.64. The van der Waals surface area contributed by atoms with Crippen LogP contribution < -0.4 is 0 Å². The second-order valence-electron chi connectivity index (χ2n) is 2.60. The van der Waals surface area contributed by atoms with Crippen molar-refractivity contribution in [2.24, 2.45) is 0 Å². The molecule has 15 heavy (non-hydrogen) atoms. The normalized spacial score (nSPS) is 10.1. The highest BCUT2D eigenvalue weighted by atomic mass is 79.9. The highest BCUT2D eigenvalue weighted by molar-refractivity contribution is 9.10. The Hall–Kier alpha value is -1.01. The van der Waals surface area contributed by atoms with Gasteiger partial charge in [0.15, 0.2) is 5.78 Å². The van der Waals surface area contributed by atoms with Gasteiger partial charge in [-0.2, -0.15) is 0 Å². The fourth-order valence-corrected chi connectivity index (χ4v) is 1.72. The van der Waals surface area contributed by atoms with E-state index >= 15 is 0 Å². The summed E-state index contributed by atoms with van der Waals surface area (Å²) >= 11 is 8.15. The number of benzene rings is 1. The minimum atomic E-state index is -0.849. The van der Waals surface area contributed by atoms with Gasteiger partial charge in [-0.05, 0) is 22.0 Å². The van der Waals surface area contributed by atoms with Crippen LogP contribution in [-0.2, 0) is 0 Å². The van der Waals surface area contributed by atoms with E-state index in [9.17, 15) is 19.3 Å². The Morgan fingerprint density at radius 1 is 1.60 bits per heavy atom. The molecular formula is C8H4BrClFNO3.